The highest BCUT2D eigenvalue weighted by atomic mass is 16.2. The molecule has 1 aromatic carbocycles. The summed E-state index contributed by atoms with van der Waals surface area (Å²) in [7, 11) is 0. The van der Waals surface area contributed by atoms with Crippen LogP contribution in [0.5, 0.6) is 0 Å². The van der Waals surface area contributed by atoms with Gasteiger partial charge < -0.3 is 4.90 Å². The quantitative estimate of drug-likeness (QED) is 0.805. The van der Waals surface area contributed by atoms with Gasteiger partial charge in [-0.15, -0.1) is 0 Å². The van der Waals surface area contributed by atoms with Gasteiger partial charge in [0.15, 0.2) is 0 Å². The highest BCUT2D eigenvalue weighted by Crippen LogP contribution is 2.19. The fourth-order valence-corrected chi connectivity index (χ4v) is 2.62. The SMILES string of the molecule is N#Cc1ccc(C(=O)N2CCCc3ccccc3C2)nc1. The van der Waals surface area contributed by atoms with Crippen molar-refractivity contribution >= 4 is 5.91 Å². The maximum atomic E-state index is 12.5. The summed E-state index contributed by atoms with van der Waals surface area (Å²) in [6, 6.07) is 13.5. The van der Waals surface area contributed by atoms with Gasteiger partial charge in [0.1, 0.15) is 11.8 Å². The molecule has 2 aromatic rings. The van der Waals surface area contributed by atoms with Crippen molar-refractivity contribution in [1.29, 1.82) is 5.26 Å². The molecule has 0 saturated carbocycles. The van der Waals surface area contributed by atoms with E-state index in [2.05, 4.69) is 17.1 Å². The number of nitriles is 1. The first-order valence-electron chi connectivity index (χ1n) is 7.00. The van der Waals surface area contributed by atoms with Crippen molar-refractivity contribution in [2.24, 2.45) is 0 Å². The van der Waals surface area contributed by atoms with Crippen LogP contribution in [-0.2, 0) is 13.0 Å². The average molecular weight is 277 g/mol. The number of benzene rings is 1. The third kappa shape index (κ3) is 2.77. The summed E-state index contributed by atoms with van der Waals surface area (Å²) < 4.78 is 0. The van der Waals surface area contributed by atoms with E-state index in [1.165, 1.54) is 17.3 Å². The number of aromatic nitrogens is 1. The topological polar surface area (TPSA) is 57.0 Å². The molecule has 0 bridgehead atoms. The molecule has 0 saturated heterocycles. The third-order valence-electron chi connectivity index (χ3n) is 3.75. The smallest absolute Gasteiger partial charge is 0.272 e. The van der Waals surface area contributed by atoms with E-state index in [1.807, 2.05) is 23.1 Å². The molecule has 0 N–H and O–H groups in total. The van der Waals surface area contributed by atoms with E-state index in [1.54, 1.807) is 12.1 Å². The van der Waals surface area contributed by atoms with Gasteiger partial charge in [0, 0.05) is 19.3 Å². The van der Waals surface area contributed by atoms with Crippen LogP contribution < -0.4 is 0 Å². The number of hydrogen-bond acceptors (Lipinski definition) is 3. The Morgan fingerprint density at radius 2 is 2.00 bits per heavy atom. The first-order chi connectivity index (χ1) is 10.3. The Bertz CT molecular complexity index is 701. The van der Waals surface area contributed by atoms with Crippen molar-refractivity contribution in [2.75, 3.05) is 6.54 Å². The molecule has 3 rings (SSSR count). The van der Waals surface area contributed by atoms with Crippen molar-refractivity contribution < 1.29 is 4.79 Å². The van der Waals surface area contributed by atoms with E-state index < -0.39 is 0 Å². The van der Waals surface area contributed by atoms with Gasteiger partial charge >= 0.3 is 0 Å². The number of pyridine rings is 1. The Balaban J connectivity index is 1.83. The summed E-state index contributed by atoms with van der Waals surface area (Å²) in [5, 5.41) is 8.78. The molecule has 0 aliphatic carbocycles. The number of rotatable bonds is 1. The summed E-state index contributed by atoms with van der Waals surface area (Å²) in [4.78, 5) is 18.5. The molecular formula is C17H15N3O. The van der Waals surface area contributed by atoms with Gasteiger partial charge in [0.25, 0.3) is 5.91 Å². The summed E-state index contributed by atoms with van der Waals surface area (Å²) in [5.41, 5.74) is 3.39. The Labute approximate surface area is 123 Å². The predicted octanol–water partition coefficient (Wildman–Crippen LogP) is 2.54. The van der Waals surface area contributed by atoms with Crippen LogP contribution in [0.4, 0.5) is 0 Å². The number of aryl methyl sites for hydroxylation is 1. The summed E-state index contributed by atoms with van der Waals surface area (Å²) in [5.74, 6) is -0.0730. The lowest BCUT2D eigenvalue weighted by Crippen LogP contribution is -2.31. The minimum Gasteiger partial charge on any atom is -0.333 e. The van der Waals surface area contributed by atoms with Crippen molar-refractivity contribution in [3.8, 4) is 6.07 Å². The molecule has 4 nitrogen and oxygen atoms in total. The number of carbonyl (C=O) groups is 1. The van der Waals surface area contributed by atoms with E-state index in [9.17, 15) is 4.79 Å². The van der Waals surface area contributed by atoms with Crippen LogP contribution >= 0.6 is 0 Å². The Morgan fingerprint density at radius 1 is 1.19 bits per heavy atom. The molecule has 104 valence electrons. The number of amides is 1. The maximum Gasteiger partial charge on any atom is 0.272 e. The Kier molecular flexibility index (Phi) is 3.65. The molecule has 0 radical (unpaired) electrons. The Hall–Kier alpha value is -2.67. The van der Waals surface area contributed by atoms with E-state index >= 15 is 0 Å². The van der Waals surface area contributed by atoms with E-state index in [0.717, 1.165) is 19.4 Å². The van der Waals surface area contributed by atoms with Gasteiger partial charge in [-0.05, 0) is 36.1 Å². The molecule has 21 heavy (non-hydrogen) atoms. The molecular weight excluding hydrogens is 262 g/mol. The molecule has 1 aliphatic heterocycles. The summed E-state index contributed by atoms with van der Waals surface area (Å²) >= 11 is 0. The van der Waals surface area contributed by atoms with Gasteiger partial charge in [-0.25, -0.2) is 4.98 Å². The molecule has 1 amide bonds. The molecule has 1 aliphatic rings. The maximum absolute atomic E-state index is 12.5. The third-order valence-corrected chi connectivity index (χ3v) is 3.75. The van der Waals surface area contributed by atoms with Crippen LogP contribution in [-0.4, -0.2) is 22.3 Å². The summed E-state index contributed by atoms with van der Waals surface area (Å²) in [6.45, 7) is 1.35. The predicted molar refractivity (Wildman–Crippen MR) is 78.5 cm³/mol. The zero-order valence-electron chi connectivity index (χ0n) is 11.6. The molecule has 0 spiro atoms. The van der Waals surface area contributed by atoms with Crippen LogP contribution in [0.25, 0.3) is 0 Å². The number of carbonyl (C=O) groups excluding carboxylic acids is 1. The van der Waals surface area contributed by atoms with Crippen LogP contribution in [0.1, 0.15) is 33.6 Å². The highest BCUT2D eigenvalue weighted by molar-refractivity contribution is 5.92. The molecule has 0 fully saturated rings. The van der Waals surface area contributed by atoms with Crippen LogP contribution in [0.15, 0.2) is 42.6 Å². The second-order valence-electron chi connectivity index (χ2n) is 5.14. The van der Waals surface area contributed by atoms with Gasteiger partial charge in [-0.2, -0.15) is 5.26 Å². The zero-order valence-corrected chi connectivity index (χ0v) is 11.6. The van der Waals surface area contributed by atoms with E-state index in [-0.39, 0.29) is 5.91 Å². The second kappa shape index (κ2) is 5.76. The van der Waals surface area contributed by atoms with Gasteiger partial charge in [0.2, 0.25) is 0 Å². The molecule has 1 aromatic heterocycles. The lowest BCUT2D eigenvalue weighted by atomic mass is 10.0. The minimum atomic E-state index is -0.0730. The van der Waals surface area contributed by atoms with Crippen LogP contribution in [0, 0.1) is 11.3 Å². The molecule has 0 unspecified atom stereocenters. The standard InChI is InChI=1S/C17H15N3O/c18-10-13-7-8-16(19-11-13)17(21)20-9-3-6-14-4-1-2-5-15(14)12-20/h1-2,4-5,7-8,11H,3,6,9,12H2. The van der Waals surface area contributed by atoms with Crippen LogP contribution in [0.2, 0.25) is 0 Å². The Morgan fingerprint density at radius 3 is 2.71 bits per heavy atom. The van der Waals surface area contributed by atoms with Crippen molar-refractivity contribution in [1.82, 2.24) is 9.88 Å². The average Bonchev–Trinajstić information content (AvgIpc) is 2.76. The summed E-state index contributed by atoms with van der Waals surface area (Å²) in [6.07, 6.45) is 3.40. The molecule has 4 heteroatoms. The first-order valence-corrected chi connectivity index (χ1v) is 7.00. The normalized spacial score (nSPS) is 14.0. The monoisotopic (exact) mass is 277 g/mol. The first kappa shape index (κ1) is 13.3. The van der Waals surface area contributed by atoms with E-state index in [4.69, 9.17) is 5.26 Å². The van der Waals surface area contributed by atoms with Crippen LogP contribution in [0.3, 0.4) is 0 Å². The lowest BCUT2D eigenvalue weighted by Gasteiger charge is -2.20. The molecule has 2 heterocycles. The number of hydrogen-bond donors (Lipinski definition) is 0. The largest absolute Gasteiger partial charge is 0.333 e. The van der Waals surface area contributed by atoms with Gasteiger partial charge in [-0.3, -0.25) is 4.79 Å². The zero-order chi connectivity index (χ0) is 14.7. The van der Waals surface area contributed by atoms with Gasteiger partial charge in [0.05, 0.1) is 5.56 Å². The molecule has 0 atom stereocenters. The van der Waals surface area contributed by atoms with Crippen molar-refractivity contribution in [3.05, 3.63) is 65.0 Å². The van der Waals surface area contributed by atoms with E-state index in [0.29, 0.717) is 17.8 Å². The van der Waals surface area contributed by atoms with Crippen molar-refractivity contribution in [3.63, 3.8) is 0 Å². The number of nitrogens with zero attached hydrogens (tertiary/aromatic N) is 3. The fraction of sp³-hybridized carbons (Fsp3) is 0.235. The lowest BCUT2D eigenvalue weighted by molar-refractivity contribution is 0.0740. The van der Waals surface area contributed by atoms with Crippen molar-refractivity contribution in [2.45, 2.75) is 19.4 Å². The second-order valence-corrected chi connectivity index (χ2v) is 5.14. The van der Waals surface area contributed by atoms with Gasteiger partial charge in [-0.1, -0.05) is 24.3 Å². The highest BCUT2D eigenvalue weighted by Gasteiger charge is 2.20. The number of fused-ring (bicyclic) bond motifs is 1. The minimum absolute atomic E-state index is 0.0730. The fourth-order valence-electron chi connectivity index (χ4n) is 2.62.